The van der Waals surface area contributed by atoms with Crippen LogP contribution in [0.5, 0.6) is 0 Å². The van der Waals surface area contributed by atoms with Crippen LogP contribution in [-0.2, 0) is 6.54 Å². The molecule has 4 heteroatoms. The Balaban J connectivity index is 2.30. The summed E-state index contributed by atoms with van der Waals surface area (Å²) in [6.45, 7) is 1.89. The minimum atomic E-state index is 0.934. The molecule has 4 nitrogen and oxygen atoms in total. The molecule has 1 heterocycles. The van der Waals surface area contributed by atoms with E-state index in [4.69, 9.17) is 0 Å². The lowest BCUT2D eigenvalue weighted by Crippen LogP contribution is -2.13. The van der Waals surface area contributed by atoms with E-state index in [0.29, 0.717) is 0 Å². The molecule has 9 heavy (non-hydrogen) atoms. The summed E-state index contributed by atoms with van der Waals surface area (Å²) in [6, 6.07) is 0. The van der Waals surface area contributed by atoms with Crippen molar-refractivity contribution in [2.75, 3.05) is 13.6 Å². The van der Waals surface area contributed by atoms with Crippen LogP contribution in [0.4, 0.5) is 0 Å². The number of aromatic nitrogens is 3. The van der Waals surface area contributed by atoms with Gasteiger partial charge < -0.3 is 9.88 Å². The fourth-order valence-corrected chi connectivity index (χ4v) is 0.578. The Morgan fingerprint density at radius 1 is 1.44 bits per heavy atom. The summed E-state index contributed by atoms with van der Waals surface area (Å²) in [6.07, 6.45) is 3.41. The van der Waals surface area contributed by atoms with E-state index < -0.39 is 0 Å². The van der Waals surface area contributed by atoms with E-state index in [-0.39, 0.29) is 0 Å². The Kier molecular flexibility index (Phi) is 2.21. The lowest BCUT2D eigenvalue weighted by molar-refractivity contribution is 0.642. The molecule has 0 aromatic carbocycles. The van der Waals surface area contributed by atoms with Gasteiger partial charge in [-0.2, -0.15) is 0 Å². The third kappa shape index (κ3) is 1.81. The van der Waals surface area contributed by atoms with Crippen molar-refractivity contribution in [3.8, 4) is 0 Å². The predicted octanol–water partition coefficient (Wildman–Crippen LogP) is -0.503. The highest BCUT2D eigenvalue weighted by atomic mass is 15.2. The van der Waals surface area contributed by atoms with Crippen LogP contribution in [0.3, 0.4) is 0 Å². The Labute approximate surface area is 53.9 Å². The Morgan fingerprint density at radius 3 is 2.67 bits per heavy atom. The average molecular weight is 126 g/mol. The second-order valence-electron chi connectivity index (χ2n) is 1.80. The summed E-state index contributed by atoms with van der Waals surface area (Å²) in [4.78, 5) is 0. The lowest BCUT2D eigenvalue weighted by atomic mass is 10.6. The van der Waals surface area contributed by atoms with Crippen molar-refractivity contribution in [1.29, 1.82) is 0 Å². The van der Waals surface area contributed by atoms with Crippen molar-refractivity contribution < 1.29 is 0 Å². The SMILES string of the molecule is CNCCn1cnnc1. The van der Waals surface area contributed by atoms with Crippen molar-refractivity contribution in [1.82, 2.24) is 20.1 Å². The summed E-state index contributed by atoms with van der Waals surface area (Å²) >= 11 is 0. The molecule has 1 N–H and O–H groups in total. The van der Waals surface area contributed by atoms with Crippen LogP contribution in [0.1, 0.15) is 0 Å². The minimum absolute atomic E-state index is 0.934. The zero-order chi connectivity index (χ0) is 6.53. The molecule has 0 bridgehead atoms. The zero-order valence-corrected chi connectivity index (χ0v) is 5.41. The number of hydrogen-bond acceptors (Lipinski definition) is 3. The monoisotopic (exact) mass is 126 g/mol. The van der Waals surface area contributed by atoms with Crippen LogP contribution in [0.2, 0.25) is 0 Å². The van der Waals surface area contributed by atoms with Gasteiger partial charge in [0.25, 0.3) is 0 Å². The van der Waals surface area contributed by atoms with Crippen LogP contribution in [0, 0.1) is 0 Å². The van der Waals surface area contributed by atoms with E-state index in [9.17, 15) is 0 Å². The van der Waals surface area contributed by atoms with Crippen molar-refractivity contribution in [3.05, 3.63) is 12.7 Å². The van der Waals surface area contributed by atoms with E-state index in [1.165, 1.54) is 0 Å². The fraction of sp³-hybridized carbons (Fsp3) is 0.600. The third-order valence-electron chi connectivity index (χ3n) is 1.09. The Bertz CT molecular complexity index is 146. The second-order valence-corrected chi connectivity index (χ2v) is 1.80. The number of rotatable bonds is 3. The number of nitrogens with zero attached hydrogens (tertiary/aromatic N) is 3. The van der Waals surface area contributed by atoms with Crippen LogP contribution in [0.15, 0.2) is 12.7 Å². The van der Waals surface area contributed by atoms with Gasteiger partial charge in [0, 0.05) is 13.1 Å². The molecule has 0 spiro atoms. The molecule has 0 amide bonds. The number of hydrogen-bond donors (Lipinski definition) is 1. The molecule has 0 aliphatic heterocycles. The minimum Gasteiger partial charge on any atom is -0.319 e. The van der Waals surface area contributed by atoms with Crippen LogP contribution in [0.25, 0.3) is 0 Å². The van der Waals surface area contributed by atoms with Gasteiger partial charge in [-0.25, -0.2) is 0 Å². The molecule has 0 unspecified atom stereocenters. The van der Waals surface area contributed by atoms with E-state index in [0.717, 1.165) is 13.1 Å². The quantitative estimate of drug-likeness (QED) is 0.593. The van der Waals surface area contributed by atoms with Crippen LogP contribution < -0.4 is 5.32 Å². The van der Waals surface area contributed by atoms with E-state index in [1.807, 2.05) is 11.6 Å². The van der Waals surface area contributed by atoms with Gasteiger partial charge in [0.1, 0.15) is 12.7 Å². The van der Waals surface area contributed by atoms with Crippen LogP contribution in [-0.4, -0.2) is 28.4 Å². The Hall–Kier alpha value is -0.900. The number of nitrogens with one attached hydrogen (secondary N) is 1. The third-order valence-corrected chi connectivity index (χ3v) is 1.09. The first-order chi connectivity index (χ1) is 4.43. The van der Waals surface area contributed by atoms with Gasteiger partial charge in [0.05, 0.1) is 0 Å². The fourth-order valence-electron chi connectivity index (χ4n) is 0.578. The first-order valence-electron chi connectivity index (χ1n) is 2.90. The van der Waals surface area contributed by atoms with Gasteiger partial charge in [0.15, 0.2) is 0 Å². The van der Waals surface area contributed by atoms with Crippen molar-refractivity contribution in [2.45, 2.75) is 6.54 Å². The molecule has 0 aliphatic carbocycles. The van der Waals surface area contributed by atoms with Gasteiger partial charge in [-0.3, -0.25) is 0 Å². The van der Waals surface area contributed by atoms with Gasteiger partial charge in [-0.1, -0.05) is 0 Å². The van der Waals surface area contributed by atoms with Gasteiger partial charge in [-0.15, -0.1) is 10.2 Å². The normalized spacial score (nSPS) is 9.89. The molecular weight excluding hydrogens is 116 g/mol. The Morgan fingerprint density at radius 2 is 2.11 bits per heavy atom. The molecule has 0 fully saturated rings. The average Bonchev–Trinajstić information content (AvgIpc) is 2.34. The molecule has 0 aliphatic rings. The number of likely N-dealkylation sites (N-methyl/N-ethyl adjacent to an activating group) is 1. The highest BCUT2D eigenvalue weighted by molar-refractivity contribution is 4.59. The first-order valence-corrected chi connectivity index (χ1v) is 2.90. The van der Waals surface area contributed by atoms with E-state index >= 15 is 0 Å². The molecular formula is C5H10N4. The maximum Gasteiger partial charge on any atom is 0.119 e. The molecule has 1 aromatic rings. The second kappa shape index (κ2) is 3.19. The summed E-state index contributed by atoms with van der Waals surface area (Å²) in [5.41, 5.74) is 0. The standard InChI is InChI=1S/C5H10N4/c1-6-2-3-9-4-7-8-5-9/h4-6H,2-3H2,1H3. The summed E-state index contributed by atoms with van der Waals surface area (Å²) in [7, 11) is 1.92. The maximum absolute atomic E-state index is 3.66. The molecule has 0 atom stereocenters. The van der Waals surface area contributed by atoms with Gasteiger partial charge >= 0.3 is 0 Å². The molecule has 0 radical (unpaired) electrons. The largest absolute Gasteiger partial charge is 0.319 e. The molecule has 0 saturated heterocycles. The zero-order valence-electron chi connectivity index (χ0n) is 5.41. The summed E-state index contributed by atoms with van der Waals surface area (Å²) in [5.74, 6) is 0. The van der Waals surface area contributed by atoms with Crippen LogP contribution >= 0.6 is 0 Å². The lowest BCUT2D eigenvalue weighted by Gasteiger charge is -1.96. The molecule has 1 rings (SSSR count). The topological polar surface area (TPSA) is 42.7 Å². The highest BCUT2D eigenvalue weighted by Gasteiger charge is 1.85. The van der Waals surface area contributed by atoms with Gasteiger partial charge in [0.2, 0.25) is 0 Å². The maximum atomic E-state index is 3.66. The van der Waals surface area contributed by atoms with Gasteiger partial charge in [-0.05, 0) is 7.05 Å². The summed E-state index contributed by atoms with van der Waals surface area (Å²) < 4.78 is 1.93. The molecule has 1 aromatic heterocycles. The smallest absolute Gasteiger partial charge is 0.119 e. The van der Waals surface area contributed by atoms with Crippen molar-refractivity contribution in [2.24, 2.45) is 0 Å². The summed E-state index contributed by atoms with van der Waals surface area (Å²) in [5, 5.41) is 10.4. The van der Waals surface area contributed by atoms with Crippen molar-refractivity contribution >= 4 is 0 Å². The molecule has 50 valence electrons. The van der Waals surface area contributed by atoms with E-state index in [1.54, 1.807) is 12.7 Å². The first kappa shape index (κ1) is 6.22. The molecule has 0 saturated carbocycles. The van der Waals surface area contributed by atoms with E-state index in [2.05, 4.69) is 15.5 Å². The highest BCUT2D eigenvalue weighted by Crippen LogP contribution is 1.78. The predicted molar refractivity (Wildman–Crippen MR) is 33.9 cm³/mol. The van der Waals surface area contributed by atoms with Crippen molar-refractivity contribution in [3.63, 3.8) is 0 Å².